The summed E-state index contributed by atoms with van der Waals surface area (Å²) in [5.74, 6) is 1.87. The minimum atomic E-state index is 0.161. The Labute approximate surface area is 335 Å². The number of aliphatic hydroxyl groups excluding tert-OH is 1. The molecule has 3 heterocycles. The van der Waals surface area contributed by atoms with Gasteiger partial charge in [0.2, 0.25) is 0 Å². The number of nitrogens with zero attached hydrogens (tertiary/aromatic N) is 6. The molecule has 1 aromatic heterocycles. The van der Waals surface area contributed by atoms with Crippen LogP contribution in [0.25, 0.3) is 11.1 Å². The fourth-order valence-electron chi connectivity index (χ4n) is 7.20. The van der Waals surface area contributed by atoms with Gasteiger partial charge in [-0.05, 0) is 54.8 Å². The summed E-state index contributed by atoms with van der Waals surface area (Å²) in [4.78, 5) is 13.8. The Morgan fingerprint density at radius 2 is 1.44 bits per heavy atom. The molecule has 0 atom stereocenters. The topological polar surface area (TPSA) is 97.6 Å². The van der Waals surface area contributed by atoms with Crippen LogP contribution in [0.1, 0.15) is 41.2 Å². The van der Waals surface area contributed by atoms with Crippen LogP contribution in [-0.2, 0) is 19.8 Å². The quantitative estimate of drug-likeness (QED) is 0.114. The van der Waals surface area contributed by atoms with E-state index in [4.69, 9.17) is 37.4 Å². The van der Waals surface area contributed by atoms with Gasteiger partial charge in [-0.15, -0.1) is 0 Å². The summed E-state index contributed by atoms with van der Waals surface area (Å²) in [6.45, 7) is 17.1. The number of ether oxygens (including phenoxy) is 3. The maximum Gasteiger partial charge on any atom is 0.142 e. The summed E-state index contributed by atoms with van der Waals surface area (Å²) in [7, 11) is 0. The van der Waals surface area contributed by atoms with Crippen molar-refractivity contribution in [1.29, 1.82) is 5.26 Å². The monoisotopic (exact) mass is 786 g/mol. The highest BCUT2D eigenvalue weighted by Crippen LogP contribution is 2.39. The van der Waals surface area contributed by atoms with E-state index in [2.05, 4.69) is 56.6 Å². The van der Waals surface area contributed by atoms with Gasteiger partial charge in [0, 0.05) is 107 Å². The average Bonchev–Trinajstić information content (AvgIpc) is 3.21. The highest BCUT2D eigenvalue weighted by atomic mass is 35.5. The van der Waals surface area contributed by atoms with Crippen molar-refractivity contribution in [2.24, 2.45) is 0 Å². The molecule has 1 N–H and O–H groups in total. The van der Waals surface area contributed by atoms with E-state index in [9.17, 15) is 10.4 Å². The SMILES string of the molecule is CCN1CCN(CCCOc2cccc(-c3cccc(COc4cc(OCc5cncc(C#N)c5)c(CN5CCN(CCO)CC5)cc4Cl)c3C)c2Cl)CC1. The third-order valence-corrected chi connectivity index (χ3v) is 11.3. The molecule has 2 fully saturated rings. The van der Waals surface area contributed by atoms with E-state index >= 15 is 0 Å². The summed E-state index contributed by atoms with van der Waals surface area (Å²) in [6, 6.07) is 19.8. The minimum absolute atomic E-state index is 0.161. The fourth-order valence-corrected chi connectivity index (χ4v) is 7.73. The normalized spacial score (nSPS) is 15.9. The van der Waals surface area contributed by atoms with Crippen LogP contribution in [-0.4, -0.2) is 115 Å². The molecule has 2 aliphatic heterocycles. The predicted octanol–water partition coefficient (Wildman–Crippen LogP) is 6.91. The number of hydrogen-bond acceptors (Lipinski definition) is 10. The largest absolute Gasteiger partial charge is 0.492 e. The molecule has 0 amide bonds. The standard InChI is InChI=1S/C43H52Cl2N6O4/c1-3-48-12-14-49(15-13-48)11-6-22-53-40-10-5-9-38(43(40)45)37-8-4-7-35(32(37)2)31-55-42-25-41(54-30-34-23-33(26-46)27-47-28-34)36(24-39(42)44)29-51-18-16-50(17-19-51)20-21-52/h4-5,7-10,23-25,27-28,52H,3,6,11-22,29-31H2,1-2H3. The number of aliphatic hydroxyl groups is 1. The van der Waals surface area contributed by atoms with Gasteiger partial charge in [0.25, 0.3) is 0 Å². The zero-order valence-corrected chi connectivity index (χ0v) is 33.5. The molecule has 55 heavy (non-hydrogen) atoms. The summed E-state index contributed by atoms with van der Waals surface area (Å²) < 4.78 is 19.0. The predicted molar refractivity (Wildman–Crippen MR) is 218 cm³/mol. The number of halogens is 2. The molecule has 0 unspecified atom stereocenters. The minimum Gasteiger partial charge on any atom is -0.492 e. The highest BCUT2D eigenvalue weighted by Gasteiger charge is 2.21. The number of pyridine rings is 1. The van der Waals surface area contributed by atoms with Crippen LogP contribution in [0.15, 0.2) is 67.0 Å². The number of rotatable bonds is 17. The third-order valence-electron chi connectivity index (χ3n) is 10.6. The van der Waals surface area contributed by atoms with E-state index < -0.39 is 0 Å². The first-order valence-electron chi connectivity index (χ1n) is 19.3. The molecule has 0 radical (unpaired) electrons. The molecule has 0 bridgehead atoms. The van der Waals surface area contributed by atoms with Gasteiger partial charge in [0.1, 0.15) is 36.5 Å². The van der Waals surface area contributed by atoms with E-state index in [0.717, 1.165) is 105 Å². The molecule has 0 aliphatic carbocycles. The van der Waals surface area contributed by atoms with Gasteiger partial charge < -0.3 is 29.1 Å². The van der Waals surface area contributed by atoms with Crippen molar-refractivity contribution in [3.8, 4) is 34.4 Å². The molecule has 6 rings (SSSR count). The molecule has 2 aliphatic rings. The van der Waals surface area contributed by atoms with E-state index in [1.54, 1.807) is 12.3 Å². The zero-order valence-electron chi connectivity index (χ0n) is 32.0. The Morgan fingerprint density at radius 1 is 0.745 bits per heavy atom. The molecule has 3 aromatic carbocycles. The Bertz CT molecular complexity index is 1910. The van der Waals surface area contributed by atoms with Crippen LogP contribution in [0.3, 0.4) is 0 Å². The lowest BCUT2D eigenvalue weighted by Crippen LogP contribution is -2.46. The lowest BCUT2D eigenvalue weighted by atomic mass is 9.96. The zero-order chi connectivity index (χ0) is 38.6. The average molecular weight is 788 g/mol. The molecule has 0 saturated carbocycles. The first-order valence-corrected chi connectivity index (χ1v) is 20.0. The van der Waals surface area contributed by atoms with Gasteiger partial charge in [-0.3, -0.25) is 14.8 Å². The smallest absolute Gasteiger partial charge is 0.142 e. The van der Waals surface area contributed by atoms with Crippen molar-refractivity contribution in [3.05, 3.63) is 105 Å². The van der Waals surface area contributed by atoms with Crippen molar-refractivity contribution in [3.63, 3.8) is 0 Å². The number of piperazine rings is 2. The Kier molecular flexibility index (Phi) is 15.0. The van der Waals surface area contributed by atoms with E-state index in [0.29, 0.717) is 59.2 Å². The molecular formula is C43H52Cl2N6O4. The van der Waals surface area contributed by atoms with Crippen molar-refractivity contribution in [1.82, 2.24) is 24.6 Å². The van der Waals surface area contributed by atoms with E-state index in [-0.39, 0.29) is 13.2 Å². The van der Waals surface area contributed by atoms with Gasteiger partial charge in [-0.1, -0.05) is 60.5 Å². The number of likely N-dealkylation sites (N-methyl/N-ethyl adjacent to an activating group) is 1. The van der Waals surface area contributed by atoms with Crippen molar-refractivity contribution in [2.45, 2.75) is 40.0 Å². The second kappa shape index (κ2) is 20.3. The lowest BCUT2D eigenvalue weighted by Gasteiger charge is -2.34. The van der Waals surface area contributed by atoms with Crippen molar-refractivity contribution >= 4 is 23.2 Å². The second-order valence-electron chi connectivity index (χ2n) is 14.2. The Balaban J connectivity index is 1.13. The van der Waals surface area contributed by atoms with Crippen LogP contribution >= 0.6 is 23.2 Å². The Hall–Kier alpha value is -3.92. The molecular weight excluding hydrogens is 735 g/mol. The van der Waals surface area contributed by atoms with Crippen LogP contribution in [0, 0.1) is 18.3 Å². The number of hydrogen-bond donors (Lipinski definition) is 1. The number of benzene rings is 3. The lowest BCUT2D eigenvalue weighted by molar-refractivity contribution is 0.107. The summed E-state index contributed by atoms with van der Waals surface area (Å²) >= 11 is 13.9. The highest BCUT2D eigenvalue weighted by molar-refractivity contribution is 6.35. The molecule has 10 nitrogen and oxygen atoms in total. The molecule has 12 heteroatoms. The second-order valence-corrected chi connectivity index (χ2v) is 15.0. The number of aromatic nitrogens is 1. The Morgan fingerprint density at radius 3 is 2.18 bits per heavy atom. The van der Waals surface area contributed by atoms with Gasteiger partial charge in [0.05, 0.1) is 28.8 Å². The van der Waals surface area contributed by atoms with Crippen LogP contribution < -0.4 is 14.2 Å². The van der Waals surface area contributed by atoms with Crippen molar-refractivity contribution in [2.75, 3.05) is 85.2 Å². The van der Waals surface area contributed by atoms with Gasteiger partial charge >= 0.3 is 0 Å². The molecule has 0 spiro atoms. The number of β-amino-alcohol motifs (C(OH)–C–C–N with tert-alkyl or cyclic N) is 1. The fraction of sp³-hybridized carbons (Fsp3) is 0.442. The van der Waals surface area contributed by atoms with E-state index in [1.807, 2.05) is 36.4 Å². The molecule has 2 saturated heterocycles. The van der Waals surface area contributed by atoms with Gasteiger partial charge in [-0.2, -0.15) is 5.26 Å². The van der Waals surface area contributed by atoms with Gasteiger partial charge in [-0.25, -0.2) is 0 Å². The van der Waals surface area contributed by atoms with Crippen LogP contribution in [0.5, 0.6) is 17.2 Å². The number of nitriles is 1. The van der Waals surface area contributed by atoms with E-state index in [1.165, 1.54) is 6.20 Å². The van der Waals surface area contributed by atoms with Gasteiger partial charge in [0.15, 0.2) is 0 Å². The summed E-state index contributed by atoms with van der Waals surface area (Å²) in [5, 5.41) is 19.8. The maximum atomic E-state index is 9.36. The summed E-state index contributed by atoms with van der Waals surface area (Å²) in [5.41, 5.74) is 6.21. The van der Waals surface area contributed by atoms with Crippen LogP contribution in [0.4, 0.5) is 0 Å². The van der Waals surface area contributed by atoms with Crippen molar-refractivity contribution < 1.29 is 19.3 Å². The molecule has 4 aromatic rings. The summed E-state index contributed by atoms with van der Waals surface area (Å²) in [6.07, 6.45) is 4.18. The first kappa shape index (κ1) is 40.7. The first-order chi connectivity index (χ1) is 26.8. The maximum absolute atomic E-state index is 9.36. The van der Waals surface area contributed by atoms with Crippen LogP contribution in [0.2, 0.25) is 10.0 Å². The molecule has 292 valence electrons. The third kappa shape index (κ3) is 11.1.